The number of hydrogen-bond acceptors (Lipinski definition) is 3. The Hall–Kier alpha value is -2.89. The molecule has 6 heteroatoms. The van der Waals surface area contributed by atoms with E-state index >= 15 is 0 Å². The summed E-state index contributed by atoms with van der Waals surface area (Å²) in [5, 5.41) is 2.73. The van der Waals surface area contributed by atoms with Crippen molar-refractivity contribution in [2.24, 2.45) is 5.92 Å². The number of anilines is 2. The molecule has 0 aliphatic carbocycles. The van der Waals surface area contributed by atoms with Gasteiger partial charge >= 0.3 is 0 Å². The maximum atomic E-state index is 12.9. The number of carbonyl (C=O) groups excluding carboxylic acids is 2. The summed E-state index contributed by atoms with van der Waals surface area (Å²) < 4.78 is 18.5. The lowest BCUT2D eigenvalue weighted by molar-refractivity contribution is -0.122. The molecule has 0 saturated carbocycles. The van der Waals surface area contributed by atoms with E-state index in [1.165, 1.54) is 24.3 Å². The van der Waals surface area contributed by atoms with Crippen LogP contribution in [0, 0.1) is 11.7 Å². The highest BCUT2D eigenvalue weighted by atomic mass is 19.1. The minimum absolute atomic E-state index is 0.0912. The van der Waals surface area contributed by atoms with Gasteiger partial charge in [-0.15, -0.1) is 0 Å². The van der Waals surface area contributed by atoms with E-state index in [0.717, 1.165) is 17.9 Å². The van der Waals surface area contributed by atoms with Crippen LogP contribution in [0.15, 0.2) is 48.5 Å². The lowest BCUT2D eigenvalue weighted by atomic mass is 10.1. The Morgan fingerprint density at radius 2 is 1.88 bits per heavy atom. The molecule has 26 heavy (non-hydrogen) atoms. The van der Waals surface area contributed by atoms with Crippen molar-refractivity contribution >= 4 is 23.2 Å². The summed E-state index contributed by atoms with van der Waals surface area (Å²) in [6.07, 6.45) is 1.08. The average Bonchev–Trinajstić information content (AvgIpc) is 3.04. The first-order valence-electron chi connectivity index (χ1n) is 8.66. The lowest BCUT2D eigenvalue weighted by Crippen LogP contribution is -2.28. The van der Waals surface area contributed by atoms with Gasteiger partial charge in [0.25, 0.3) is 0 Å². The normalized spacial score (nSPS) is 16.6. The SMILES string of the molecule is CCCOc1ccc(N2C[C@@H](C(=O)Nc3ccc(F)cc3)CC2=O)cc1. The third-order valence-electron chi connectivity index (χ3n) is 4.23. The molecule has 1 aliphatic heterocycles. The second-order valence-corrected chi connectivity index (χ2v) is 6.24. The van der Waals surface area contributed by atoms with Crippen molar-refractivity contribution in [1.82, 2.24) is 0 Å². The fourth-order valence-corrected chi connectivity index (χ4v) is 2.85. The molecule has 0 bridgehead atoms. The molecule has 1 fully saturated rings. The zero-order valence-corrected chi connectivity index (χ0v) is 14.6. The van der Waals surface area contributed by atoms with Gasteiger partial charge in [-0.05, 0) is 55.0 Å². The lowest BCUT2D eigenvalue weighted by Gasteiger charge is -2.17. The van der Waals surface area contributed by atoms with E-state index < -0.39 is 5.92 Å². The number of ether oxygens (including phenoxy) is 1. The molecule has 136 valence electrons. The molecule has 1 aliphatic rings. The number of nitrogens with zero attached hydrogens (tertiary/aromatic N) is 1. The van der Waals surface area contributed by atoms with Crippen molar-refractivity contribution in [3.8, 4) is 5.75 Å². The Bertz CT molecular complexity index is 775. The fourth-order valence-electron chi connectivity index (χ4n) is 2.85. The van der Waals surface area contributed by atoms with Gasteiger partial charge in [0.1, 0.15) is 11.6 Å². The van der Waals surface area contributed by atoms with Gasteiger partial charge < -0.3 is 15.0 Å². The van der Waals surface area contributed by atoms with Crippen LogP contribution in [0.4, 0.5) is 15.8 Å². The standard InChI is InChI=1S/C20H21FN2O3/c1-2-11-26-18-9-7-17(8-10-18)23-13-14(12-19(23)24)20(25)22-16-5-3-15(21)4-6-16/h3-10,14H,2,11-13H2,1H3,(H,22,25)/t14-/m0/s1. The van der Waals surface area contributed by atoms with Crippen molar-refractivity contribution in [3.63, 3.8) is 0 Å². The van der Waals surface area contributed by atoms with E-state index in [0.29, 0.717) is 18.8 Å². The summed E-state index contributed by atoms with van der Waals surface area (Å²) in [6.45, 7) is 3.00. The highest BCUT2D eigenvalue weighted by Gasteiger charge is 2.35. The molecule has 0 unspecified atom stereocenters. The van der Waals surface area contributed by atoms with Crippen molar-refractivity contribution < 1.29 is 18.7 Å². The maximum absolute atomic E-state index is 12.9. The van der Waals surface area contributed by atoms with Gasteiger partial charge in [-0.25, -0.2) is 4.39 Å². The number of nitrogens with one attached hydrogen (secondary N) is 1. The number of benzene rings is 2. The molecule has 1 heterocycles. The van der Waals surface area contributed by atoms with Crippen LogP contribution in [0.3, 0.4) is 0 Å². The quantitative estimate of drug-likeness (QED) is 0.860. The molecule has 0 radical (unpaired) electrons. The topological polar surface area (TPSA) is 58.6 Å². The van der Waals surface area contributed by atoms with Crippen LogP contribution in [0.5, 0.6) is 5.75 Å². The van der Waals surface area contributed by atoms with Crippen molar-refractivity contribution in [1.29, 1.82) is 0 Å². The highest BCUT2D eigenvalue weighted by molar-refractivity contribution is 6.03. The third kappa shape index (κ3) is 4.20. The molecule has 3 rings (SSSR count). The molecular weight excluding hydrogens is 335 g/mol. The molecule has 2 aromatic carbocycles. The first-order valence-corrected chi connectivity index (χ1v) is 8.66. The van der Waals surface area contributed by atoms with Gasteiger partial charge in [0.15, 0.2) is 0 Å². The Morgan fingerprint density at radius 1 is 1.19 bits per heavy atom. The van der Waals surface area contributed by atoms with Crippen molar-refractivity contribution in [2.75, 3.05) is 23.4 Å². The second-order valence-electron chi connectivity index (χ2n) is 6.24. The minimum atomic E-state index is -0.441. The van der Waals surface area contributed by atoms with E-state index in [1.54, 1.807) is 4.90 Å². The Morgan fingerprint density at radius 3 is 2.54 bits per heavy atom. The predicted molar refractivity (Wildman–Crippen MR) is 97.7 cm³/mol. The Kier molecular flexibility index (Phi) is 5.51. The molecule has 1 saturated heterocycles. The fraction of sp³-hybridized carbons (Fsp3) is 0.300. The monoisotopic (exact) mass is 356 g/mol. The third-order valence-corrected chi connectivity index (χ3v) is 4.23. The number of halogens is 1. The molecule has 1 N–H and O–H groups in total. The second kappa shape index (κ2) is 7.99. The largest absolute Gasteiger partial charge is 0.494 e. The van der Waals surface area contributed by atoms with Crippen LogP contribution in [-0.4, -0.2) is 25.0 Å². The van der Waals surface area contributed by atoms with E-state index in [-0.39, 0.29) is 24.1 Å². The van der Waals surface area contributed by atoms with E-state index in [9.17, 15) is 14.0 Å². The summed E-state index contributed by atoms with van der Waals surface area (Å²) in [4.78, 5) is 26.3. The minimum Gasteiger partial charge on any atom is -0.494 e. The van der Waals surface area contributed by atoms with E-state index in [4.69, 9.17) is 4.74 Å². The van der Waals surface area contributed by atoms with Crippen LogP contribution < -0.4 is 15.0 Å². The van der Waals surface area contributed by atoms with Crippen molar-refractivity contribution in [2.45, 2.75) is 19.8 Å². The van der Waals surface area contributed by atoms with Gasteiger partial charge in [-0.1, -0.05) is 6.92 Å². The van der Waals surface area contributed by atoms with Crippen LogP contribution >= 0.6 is 0 Å². The zero-order valence-electron chi connectivity index (χ0n) is 14.6. The number of carbonyl (C=O) groups is 2. The molecule has 5 nitrogen and oxygen atoms in total. The van der Waals surface area contributed by atoms with Gasteiger partial charge in [-0.2, -0.15) is 0 Å². The molecule has 2 aromatic rings. The average molecular weight is 356 g/mol. The molecule has 0 aromatic heterocycles. The summed E-state index contributed by atoms with van der Waals surface area (Å²) in [7, 11) is 0. The number of hydrogen-bond donors (Lipinski definition) is 1. The smallest absolute Gasteiger partial charge is 0.229 e. The van der Waals surface area contributed by atoms with Crippen molar-refractivity contribution in [3.05, 3.63) is 54.3 Å². The predicted octanol–water partition coefficient (Wildman–Crippen LogP) is 3.61. The summed E-state index contributed by atoms with van der Waals surface area (Å²) in [6, 6.07) is 12.8. The van der Waals surface area contributed by atoms with Crippen LogP contribution in [0.1, 0.15) is 19.8 Å². The first kappa shape index (κ1) is 17.9. The van der Waals surface area contributed by atoms with Crippen LogP contribution in [0.2, 0.25) is 0 Å². The molecule has 0 spiro atoms. The van der Waals surface area contributed by atoms with Crippen LogP contribution in [0.25, 0.3) is 0 Å². The van der Waals surface area contributed by atoms with E-state index in [2.05, 4.69) is 5.32 Å². The van der Waals surface area contributed by atoms with Gasteiger partial charge in [0.05, 0.1) is 12.5 Å². The van der Waals surface area contributed by atoms with Gasteiger partial charge in [0, 0.05) is 24.3 Å². The zero-order chi connectivity index (χ0) is 18.5. The Labute approximate surface area is 151 Å². The first-order chi connectivity index (χ1) is 12.6. The van der Waals surface area contributed by atoms with Gasteiger partial charge in [0.2, 0.25) is 11.8 Å². The van der Waals surface area contributed by atoms with Crippen LogP contribution in [-0.2, 0) is 9.59 Å². The number of amides is 2. The summed E-state index contributed by atoms with van der Waals surface area (Å²) in [5.74, 6) is -0.380. The number of rotatable bonds is 6. The molecular formula is C20H21FN2O3. The van der Waals surface area contributed by atoms with Gasteiger partial charge in [-0.3, -0.25) is 9.59 Å². The summed E-state index contributed by atoms with van der Waals surface area (Å²) in [5.41, 5.74) is 1.26. The highest BCUT2D eigenvalue weighted by Crippen LogP contribution is 2.27. The maximum Gasteiger partial charge on any atom is 0.229 e. The molecule has 2 amide bonds. The summed E-state index contributed by atoms with van der Waals surface area (Å²) >= 11 is 0. The Balaban J connectivity index is 1.62. The van der Waals surface area contributed by atoms with E-state index in [1.807, 2.05) is 31.2 Å². The molecule has 1 atom stereocenters.